The Hall–Kier alpha value is -2.23. The molecule has 0 saturated heterocycles. The van der Waals surface area contributed by atoms with E-state index in [0.29, 0.717) is 24.1 Å². The maximum Gasteiger partial charge on any atom is 0.338 e. The summed E-state index contributed by atoms with van der Waals surface area (Å²) in [7, 11) is -3.86. The molecule has 2 aromatic rings. The van der Waals surface area contributed by atoms with Crippen LogP contribution in [0.4, 0.5) is 5.69 Å². The first kappa shape index (κ1) is 24.0. The van der Waals surface area contributed by atoms with Crippen LogP contribution < -0.4 is 10.0 Å². The Balaban J connectivity index is 2.13. The Labute approximate surface area is 185 Å². The number of nitrogens with one attached hydrogen (secondary N) is 2. The van der Waals surface area contributed by atoms with E-state index in [9.17, 15) is 18.0 Å². The first-order chi connectivity index (χ1) is 14.3. The van der Waals surface area contributed by atoms with Crippen LogP contribution in [0.1, 0.15) is 43.5 Å². The molecule has 0 fully saturated rings. The zero-order valence-electron chi connectivity index (χ0n) is 16.9. The van der Waals surface area contributed by atoms with E-state index in [0.717, 1.165) is 10.9 Å². The van der Waals surface area contributed by atoms with Gasteiger partial charge in [-0.25, -0.2) is 13.2 Å². The van der Waals surface area contributed by atoms with Crippen molar-refractivity contribution in [1.29, 1.82) is 0 Å². The summed E-state index contributed by atoms with van der Waals surface area (Å²) in [6.45, 7) is 3.96. The molecular formula is C21H25BrN2O5S. The highest BCUT2D eigenvalue weighted by molar-refractivity contribution is 9.10. The third kappa shape index (κ3) is 6.93. The van der Waals surface area contributed by atoms with Crippen LogP contribution in [0.3, 0.4) is 0 Å². The van der Waals surface area contributed by atoms with Gasteiger partial charge in [-0.1, -0.05) is 35.7 Å². The molecule has 0 saturated carbocycles. The first-order valence-electron chi connectivity index (χ1n) is 9.62. The molecule has 0 aliphatic carbocycles. The molecule has 2 aromatic carbocycles. The molecule has 2 N–H and O–H groups in total. The third-order valence-electron chi connectivity index (χ3n) is 4.25. The van der Waals surface area contributed by atoms with Gasteiger partial charge in [0, 0.05) is 10.2 Å². The number of esters is 1. The van der Waals surface area contributed by atoms with Crippen LogP contribution in [0.5, 0.6) is 0 Å². The summed E-state index contributed by atoms with van der Waals surface area (Å²) in [6.07, 6.45) is 1.86. The third-order valence-corrected chi connectivity index (χ3v) is 6.26. The number of hydrogen-bond acceptors (Lipinski definition) is 5. The largest absolute Gasteiger partial charge is 0.462 e. The maximum atomic E-state index is 12.8. The quantitative estimate of drug-likeness (QED) is 0.482. The molecule has 0 heterocycles. The van der Waals surface area contributed by atoms with E-state index in [4.69, 9.17) is 4.74 Å². The molecule has 0 aliphatic rings. The minimum absolute atomic E-state index is 0.0822. The second-order valence-corrected chi connectivity index (χ2v) is 9.19. The van der Waals surface area contributed by atoms with Crippen molar-refractivity contribution in [2.75, 3.05) is 11.9 Å². The molecule has 2 rings (SSSR count). The molecule has 1 amide bonds. The van der Waals surface area contributed by atoms with Crippen LogP contribution in [0.2, 0.25) is 0 Å². The van der Waals surface area contributed by atoms with Crippen molar-refractivity contribution in [1.82, 2.24) is 4.72 Å². The molecule has 0 bridgehead atoms. The van der Waals surface area contributed by atoms with Crippen LogP contribution in [-0.2, 0) is 19.6 Å². The number of rotatable bonds is 10. The van der Waals surface area contributed by atoms with Crippen molar-refractivity contribution in [3.63, 3.8) is 0 Å². The van der Waals surface area contributed by atoms with Gasteiger partial charge >= 0.3 is 5.97 Å². The summed E-state index contributed by atoms with van der Waals surface area (Å²) in [5, 5.41) is 2.71. The van der Waals surface area contributed by atoms with Gasteiger partial charge in [0.05, 0.1) is 17.1 Å². The second-order valence-electron chi connectivity index (χ2n) is 6.56. The fraction of sp³-hybridized carbons (Fsp3) is 0.333. The standard InChI is InChI=1S/C21H25BrN2O5S/c1-3-5-6-19(24-30(27,28)18-13-9-16(22)10-14-18)20(25)23-17-11-7-15(8-12-17)21(26)29-4-2/h7-14,19,24H,3-6H2,1-2H3,(H,23,25). The van der Waals surface area contributed by atoms with Crippen LogP contribution in [0.15, 0.2) is 57.9 Å². The van der Waals surface area contributed by atoms with Crippen molar-refractivity contribution in [3.05, 3.63) is 58.6 Å². The fourth-order valence-electron chi connectivity index (χ4n) is 2.65. The smallest absolute Gasteiger partial charge is 0.338 e. The highest BCUT2D eigenvalue weighted by Crippen LogP contribution is 2.17. The van der Waals surface area contributed by atoms with Crippen molar-refractivity contribution in [3.8, 4) is 0 Å². The Bertz CT molecular complexity index is 960. The van der Waals surface area contributed by atoms with Gasteiger partial charge in [0.25, 0.3) is 0 Å². The number of amides is 1. The SMILES string of the molecule is CCCCC(NS(=O)(=O)c1ccc(Br)cc1)C(=O)Nc1ccc(C(=O)OCC)cc1. The number of carbonyl (C=O) groups excluding carboxylic acids is 2. The van der Waals surface area contributed by atoms with Crippen molar-refractivity contribution < 1.29 is 22.7 Å². The van der Waals surface area contributed by atoms with E-state index in [1.165, 1.54) is 12.1 Å². The number of anilines is 1. The van der Waals surface area contributed by atoms with E-state index in [-0.39, 0.29) is 11.5 Å². The summed E-state index contributed by atoms with van der Waals surface area (Å²) < 4.78 is 33.6. The molecule has 0 aromatic heterocycles. The number of benzene rings is 2. The predicted octanol–water partition coefficient (Wildman–Crippen LogP) is 4.10. The van der Waals surface area contributed by atoms with Gasteiger partial charge in [0.2, 0.25) is 15.9 Å². The molecule has 0 aliphatic heterocycles. The summed E-state index contributed by atoms with van der Waals surface area (Å²) in [5.74, 6) is -0.911. The van der Waals surface area contributed by atoms with Crippen LogP contribution in [-0.4, -0.2) is 32.9 Å². The molecular weight excluding hydrogens is 472 g/mol. The second kappa shape index (κ2) is 11.2. The monoisotopic (exact) mass is 496 g/mol. The number of hydrogen-bond donors (Lipinski definition) is 2. The summed E-state index contributed by atoms with van der Waals surface area (Å²) in [6, 6.07) is 11.5. The molecule has 9 heteroatoms. The topological polar surface area (TPSA) is 102 Å². The minimum Gasteiger partial charge on any atom is -0.462 e. The number of ether oxygens (including phenoxy) is 1. The first-order valence-corrected chi connectivity index (χ1v) is 11.9. The summed E-state index contributed by atoms with van der Waals surface area (Å²) in [4.78, 5) is 24.6. The zero-order chi connectivity index (χ0) is 22.1. The predicted molar refractivity (Wildman–Crippen MR) is 119 cm³/mol. The molecule has 1 atom stereocenters. The lowest BCUT2D eigenvalue weighted by atomic mass is 10.1. The molecule has 0 radical (unpaired) electrons. The lowest BCUT2D eigenvalue weighted by Gasteiger charge is -2.18. The Morgan fingerprint density at radius 2 is 1.67 bits per heavy atom. The lowest BCUT2D eigenvalue weighted by Crippen LogP contribution is -2.43. The maximum absolute atomic E-state index is 12.8. The van der Waals surface area contributed by atoms with Gasteiger partial charge < -0.3 is 10.1 Å². The van der Waals surface area contributed by atoms with E-state index >= 15 is 0 Å². The highest BCUT2D eigenvalue weighted by Gasteiger charge is 2.25. The van der Waals surface area contributed by atoms with E-state index < -0.39 is 27.9 Å². The van der Waals surface area contributed by atoms with Gasteiger partial charge in [-0.15, -0.1) is 0 Å². The molecule has 7 nitrogen and oxygen atoms in total. The zero-order valence-corrected chi connectivity index (χ0v) is 19.3. The summed E-state index contributed by atoms with van der Waals surface area (Å²) in [5.41, 5.74) is 0.825. The number of unbranched alkanes of at least 4 members (excludes halogenated alkanes) is 1. The van der Waals surface area contributed by atoms with Gasteiger partial charge in [-0.05, 0) is 61.9 Å². The molecule has 162 valence electrons. The van der Waals surface area contributed by atoms with E-state index in [1.54, 1.807) is 43.3 Å². The average Bonchev–Trinajstić information content (AvgIpc) is 2.72. The summed E-state index contributed by atoms with van der Waals surface area (Å²) >= 11 is 3.27. The lowest BCUT2D eigenvalue weighted by molar-refractivity contribution is -0.117. The van der Waals surface area contributed by atoms with Gasteiger partial charge in [-0.3, -0.25) is 4.79 Å². The molecule has 30 heavy (non-hydrogen) atoms. The average molecular weight is 497 g/mol. The van der Waals surface area contributed by atoms with Crippen LogP contribution >= 0.6 is 15.9 Å². The Kier molecular flexibility index (Phi) is 9.01. The van der Waals surface area contributed by atoms with E-state index in [1.807, 2.05) is 6.92 Å². The van der Waals surface area contributed by atoms with Gasteiger partial charge in [0.15, 0.2) is 0 Å². The number of carbonyl (C=O) groups is 2. The fourth-order valence-corrected chi connectivity index (χ4v) is 4.15. The van der Waals surface area contributed by atoms with Gasteiger partial charge in [-0.2, -0.15) is 4.72 Å². The Morgan fingerprint density at radius 1 is 1.03 bits per heavy atom. The Morgan fingerprint density at radius 3 is 2.23 bits per heavy atom. The van der Waals surface area contributed by atoms with E-state index in [2.05, 4.69) is 26.0 Å². The van der Waals surface area contributed by atoms with Crippen molar-refractivity contribution in [2.45, 2.75) is 44.0 Å². The molecule has 0 spiro atoms. The number of halogens is 1. The van der Waals surface area contributed by atoms with Gasteiger partial charge in [0.1, 0.15) is 6.04 Å². The minimum atomic E-state index is -3.86. The normalized spacial score (nSPS) is 12.2. The van der Waals surface area contributed by atoms with Crippen LogP contribution in [0.25, 0.3) is 0 Å². The molecule has 1 unspecified atom stereocenters. The number of sulfonamides is 1. The van der Waals surface area contributed by atoms with Crippen molar-refractivity contribution >= 4 is 43.5 Å². The van der Waals surface area contributed by atoms with Crippen LogP contribution in [0, 0.1) is 0 Å². The van der Waals surface area contributed by atoms with Crippen molar-refractivity contribution in [2.24, 2.45) is 0 Å². The highest BCUT2D eigenvalue weighted by atomic mass is 79.9.